The molecule has 2 nitrogen and oxygen atoms in total. The second-order valence-electron chi connectivity index (χ2n) is 6.95. The molecule has 3 heteroatoms. The largest absolute Gasteiger partial charge is 0.494 e. The van der Waals surface area contributed by atoms with E-state index in [1.54, 1.807) is 0 Å². The highest BCUT2D eigenvalue weighted by atomic mass is 79.9. The van der Waals surface area contributed by atoms with E-state index in [9.17, 15) is 0 Å². The molecule has 0 heterocycles. The Balaban J connectivity index is 1.64. The lowest BCUT2D eigenvalue weighted by molar-refractivity contribution is 0.322. The first-order valence-corrected chi connectivity index (χ1v) is 9.13. The third-order valence-electron chi connectivity index (χ3n) is 6.10. The molecule has 5 unspecified atom stereocenters. The lowest BCUT2D eigenvalue weighted by Crippen LogP contribution is -2.22. The van der Waals surface area contributed by atoms with Gasteiger partial charge in [0, 0.05) is 16.1 Å². The van der Waals surface area contributed by atoms with Crippen LogP contribution in [-0.2, 0) is 0 Å². The highest BCUT2D eigenvalue weighted by Gasteiger charge is 2.66. The molecule has 114 valence electrons. The summed E-state index contributed by atoms with van der Waals surface area (Å²) in [6.45, 7) is 2.79. The summed E-state index contributed by atoms with van der Waals surface area (Å²) >= 11 is 3.63. The summed E-state index contributed by atoms with van der Waals surface area (Å²) < 4.78 is 7.03. The van der Waals surface area contributed by atoms with Gasteiger partial charge in [0.1, 0.15) is 5.75 Å². The second-order valence-corrected chi connectivity index (χ2v) is 7.86. The fourth-order valence-electron chi connectivity index (χ4n) is 5.44. The van der Waals surface area contributed by atoms with E-state index < -0.39 is 0 Å². The third-order valence-corrected chi connectivity index (χ3v) is 6.59. The monoisotopic (exact) mass is 349 g/mol. The normalized spacial score (nSPS) is 37.4. The van der Waals surface area contributed by atoms with Crippen LogP contribution in [0, 0.1) is 29.6 Å². The molecule has 1 aromatic carbocycles. The van der Waals surface area contributed by atoms with E-state index in [1.807, 2.05) is 0 Å². The maximum atomic E-state index is 5.88. The molecule has 3 aliphatic carbocycles. The van der Waals surface area contributed by atoms with Crippen molar-refractivity contribution in [1.29, 1.82) is 0 Å². The number of hydrogen-bond donors (Lipinski definition) is 1. The van der Waals surface area contributed by atoms with Crippen LogP contribution in [0.25, 0.3) is 0 Å². The number of fused-ring (bicyclic) bond motifs is 5. The number of rotatable bonds is 5. The molecule has 5 atom stereocenters. The molecule has 4 rings (SSSR count). The second kappa shape index (κ2) is 5.27. The molecule has 0 saturated heterocycles. The number of benzene rings is 1. The summed E-state index contributed by atoms with van der Waals surface area (Å²) in [5.74, 6) is 5.88. The van der Waals surface area contributed by atoms with E-state index in [0.717, 1.165) is 46.4 Å². The zero-order valence-electron chi connectivity index (χ0n) is 12.8. The Morgan fingerprint density at radius 3 is 2.62 bits per heavy atom. The smallest absolute Gasteiger partial charge is 0.124 e. The van der Waals surface area contributed by atoms with Gasteiger partial charge in [0.2, 0.25) is 0 Å². The van der Waals surface area contributed by atoms with Crippen LogP contribution < -0.4 is 10.1 Å². The summed E-state index contributed by atoms with van der Waals surface area (Å²) in [6.07, 6.45) is 4.48. The topological polar surface area (TPSA) is 21.3 Å². The van der Waals surface area contributed by atoms with E-state index in [2.05, 4.69) is 53.4 Å². The summed E-state index contributed by atoms with van der Waals surface area (Å²) in [6, 6.07) is 6.89. The van der Waals surface area contributed by atoms with Crippen molar-refractivity contribution in [2.75, 3.05) is 13.7 Å². The van der Waals surface area contributed by atoms with E-state index >= 15 is 0 Å². The van der Waals surface area contributed by atoms with E-state index in [4.69, 9.17) is 4.74 Å². The molecule has 3 aliphatic rings. The zero-order valence-corrected chi connectivity index (χ0v) is 14.4. The molecule has 2 bridgehead atoms. The minimum absolute atomic E-state index is 0.447. The molecule has 0 amide bonds. The van der Waals surface area contributed by atoms with Crippen LogP contribution in [0.3, 0.4) is 0 Å². The number of nitrogens with one attached hydrogen (secondary N) is 1. The number of ether oxygens (including phenoxy) is 1. The Morgan fingerprint density at radius 2 is 2.00 bits per heavy atom. The van der Waals surface area contributed by atoms with Crippen LogP contribution in [0.2, 0.25) is 0 Å². The first kappa shape index (κ1) is 14.1. The van der Waals surface area contributed by atoms with Crippen molar-refractivity contribution in [1.82, 2.24) is 5.32 Å². The predicted octanol–water partition coefficient (Wildman–Crippen LogP) is 4.40. The Morgan fingerprint density at radius 1 is 1.29 bits per heavy atom. The van der Waals surface area contributed by atoms with Gasteiger partial charge in [0.15, 0.2) is 0 Å². The Labute approximate surface area is 135 Å². The van der Waals surface area contributed by atoms with E-state index in [-0.39, 0.29) is 0 Å². The van der Waals surface area contributed by atoms with Crippen molar-refractivity contribution in [3.63, 3.8) is 0 Å². The molecule has 1 aromatic rings. The van der Waals surface area contributed by atoms with Gasteiger partial charge < -0.3 is 10.1 Å². The zero-order chi connectivity index (χ0) is 14.6. The van der Waals surface area contributed by atoms with Gasteiger partial charge in [0.05, 0.1) is 6.61 Å². The molecular weight excluding hydrogens is 326 g/mol. The van der Waals surface area contributed by atoms with Crippen molar-refractivity contribution in [3.05, 3.63) is 28.2 Å². The lowest BCUT2D eigenvalue weighted by Gasteiger charge is -2.23. The molecule has 21 heavy (non-hydrogen) atoms. The third kappa shape index (κ3) is 2.16. The summed E-state index contributed by atoms with van der Waals surface area (Å²) in [4.78, 5) is 0. The van der Waals surface area contributed by atoms with Crippen LogP contribution in [0.15, 0.2) is 22.7 Å². The fourth-order valence-corrected chi connectivity index (χ4v) is 5.82. The minimum atomic E-state index is 0.447. The van der Waals surface area contributed by atoms with Crippen LogP contribution >= 0.6 is 15.9 Å². The Kier molecular flexibility index (Phi) is 3.54. The van der Waals surface area contributed by atoms with Crippen LogP contribution in [0.1, 0.15) is 37.8 Å². The first-order valence-electron chi connectivity index (χ1n) is 8.34. The van der Waals surface area contributed by atoms with Crippen LogP contribution in [0.4, 0.5) is 0 Å². The average molecular weight is 350 g/mol. The predicted molar refractivity (Wildman–Crippen MR) is 88.4 cm³/mol. The molecule has 0 aliphatic heterocycles. The highest BCUT2D eigenvalue weighted by Crippen LogP contribution is 2.72. The Bertz CT molecular complexity index is 530. The van der Waals surface area contributed by atoms with Crippen LogP contribution in [0.5, 0.6) is 5.75 Å². The average Bonchev–Trinajstić information content (AvgIpc) is 2.90. The SMILES string of the molecule is CCOc1ccc(Br)cc1C(NC)C1C2C3CCC(C3)C21. The molecule has 0 spiro atoms. The van der Waals surface area contributed by atoms with Gasteiger partial charge in [-0.15, -0.1) is 0 Å². The molecule has 3 fully saturated rings. The Hall–Kier alpha value is -0.540. The molecule has 0 radical (unpaired) electrons. The molecule has 0 aromatic heterocycles. The van der Waals surface area contributed by atoms with Gasteiger partial charge in [-0.1, -0.05) is 15.9 Å². The standard InChI is InChI=1S/C18H24BrNO/c1-3-21-14-7-6-12(19)9-13(14)18(20-2)17-15-10-4-5-11(8-10)16(15)17/h6-7,9-11,15-18,20H,3-5,8H2,1-2H3. The quantitative estimate of drug-likeness (QED) is 0.850. The summed E-state index contributed by atoms with van der Waals surface area (Å²) in [5.41, 5.74) is 1.34. The van der Waals surface area contributed by atoms with Crippen LogP contribution in [-0.4, -0.2) is 13.7 Å². The van der Waals surface area contributed by atoms with Crippen molar-refractivity contribution < 1.29 is 4.74 Å². The minimum Gasteiger partial charge on any atom is -0.494 e. The van der Waals surface area contributed by atoms with Crippen molar-refractivity contribution in [2.45, 2.75) is 32.2 Å². The summed E-state index contributed by atoms with van der Waals surface area (Å²) in [7, 11) is 2.11. The molecule has 3 saturated carbocycles. The number of hydrogen-bond acceptors (Lipinski definition) is 2. The molecule has 1 N–H and O–H groups in total. The van der Waals surface area contributed by atoms with Crippen molar-refractivity contribution >= 4 is 15.9 Å². The maximum Gasteiger partial charge on any atom is 0.124 e. The lowest BCUT2D eigenvalue weighted by atomic mass is 9.92. The van der Waals surface area contributed by atoms with E-state index in [0.29, 0.717) is 6.04 Å². The first-order chi connectivity index (χ1) is 10.2. The van der Waals surface area contributed by atoms with Gasteiger partial charge in [-0.05, 0) is 81.0 Å². The van der Waals surface area contributed by atoms with Gasteiger partial charge >= 0.3 is 0 Å². The van der Waals surface area contributed by atoms with Crippen molar-refractivity contribution in [3.8, 4) is 5.75 Å². The highest BCUT2D eigenvalue weighted by molar-refractivity contribution is 9.10. The number of halogens is 1. The van der Waals surface area contributed by atoms with Gasteiger partial charge in [-0.2, -0.15) is 0 Å². The maximum absolute atomic E-state index is 5.88. The molecular formula is C18H24BrNO. The fraction of sp³-hybridized carbons (Fsp3) is 0.667. The van der Waals surface area contributed by atoms with Crippen molar-refractivity contribution in [2.24, 2.45) is 29.6 Å². The van der Waals surface area contributed by atoms with Gasteiger partial charge in [0.25, 0.3) is 0 Å². The van der Waals surface area contributed by atoms with Gasteiger partial charge in [-0.3, -0.25) is 0 Å². The summed E-state index contributed by atoms with van der Waals surface area (Å²) in [5, 5.41) is 3.60. The van der Waals surface area contributed by atoms with E-state index in [1.165, 1.54) is 24.8 Å². The van der Waals surface area contributed by atoms with Gasteiger partial charge in [-0.25, -0.2) is 0 Å².